The Bertz CT molecular complexity index is 454. The summed E-state index contributed by atoms with van der Waals surface area (Å²) in [5.74, 6) is 0. The zero-order valence-corrected chi connectivity index (χ0v) is 9.45. The van der Waals surface area contributed by atoms with Crippen LogP contribution in [0.3, 0.4) is 0 Å². The van der Waals surface area contributed by atoms with E-state index in [-0.39, 0.29) is 0 Å². The Hall–Kier alpha value is -1.26. The molecule has 0 amide bonds. The highest BCUT2D eigenvalue weighted by Gasteiger charge is 2.15. The summed E-state index contributed by atoms with van der Waals surface area (Å²) in [4.78, 5) is 0.936. The first-order valence-corrected chi connectivity index (χ1v) is 5.58. The fourth-order valence-electron chi connectivity index (χ4n) is 1.45. The number of nitrogens with zero attached hydrogens (tertiary/aromatic N) is 2. The van der Waals surface area contributed by atoms with E-state index in [0.717, 1.165) is 21.8 Å². The summed E-state index contributed by atoms with van der Waals surface area (Å²) in [6.07, 6.45) is -0.584. The molecule has 0 spiro atoms. The van der Waals surface area contributed by atoms with Crippen molar-refractivity contribution in [3.63, 3.8) is 0 Å². The smallest absolute Gasteiger partial charge is 0.115 e. The van der Waals surface area contributed by atoms with Gasteiger partial charge in [0.25, 0.3) is 0 Å². The lowest BCUT2D eigenvalue weighted by Crippen LogP contribution is -2.04. The lowest BCUT2D eigenvalue weighted by molar-refractivity contribution is 0.222. The summed E-state index contributed by atoms with van der Waals surface area (Å²) in [6, 6.07) is 5.73. The third-order valence-corrected chi connectivity index (χ3v) is 3.17. The number of thiophene rings is 1. The first-order chi connectivity index (χ1) is 7.18. The van der Waals surface area contributed by atoms with E-state index >= 15 is 0 Å². The van der Waals surface area contributed by atoms with Crippen molar-refractivity contribution in [2.75, 3.05) is 0 Å². The average Bonchev–Trinajstić information content (AvgIpc) is 2.74. The molecule has 0 aliphatic heterocycles. The highest BCUT2D eigenvalue weighted by Crippen LogP contribution is 2.27. The predicted octanol–water partition coefficient (Wildman–Crippen LogP) is 2.24. The monoisotopic (exact) mass is 220 g/mol. The van der Waals surface area contributed by atoms with Gasteiger partial charge in [-0.3, -0.25) is 0 Å². The number of aliphatic hydroxyl groups excluding tert-OH is 1. The molecule has 2 aromatic heterocycles. The van der Waals surface area contributed by atoms with E-state index < -0.39 is 6.10 Å². The van der Waals surface area contributed by atoms with E-state index in [2.05, 4.69) is 10.2 Å². The molecule has 1 N–H and O–H groups in total. The first kappa shape index (κ1) is 10.3. The van der Waals surface area contributed by atoms with E-state index in [9.17, 15) is 5.11 Å². The fourth-order valence-corrected chi connectivity index (χ4v) is 2.17. The molecular weight excluding hydrogens is 208 g/mol. The van der Waals surface area contributed by atoms with E-state index in [1.54, 1.807) is 11.3 Å². The normalized spacial score (nSPS) is 12.7. The first-order valence-electron chi connectivity index (χ1n) is 4.71. The second-order valence-electron chi connectivity index (χ2n) is 3.44. The molecule has 1 atom stereocenters. The van der Waals surface area contributed by atoms with Crippen LogP contribution in [0.5, 0.6) is 0 Å². The fraction of sp³-hybridized carbons (Fsp3) is 0.273. The van der Waals surface area contributed by atoms with Crippen LogP contribution >= 0.6 is 11.3 Å². The van der Waals surface area contributed by atoms with Crippen LogP contribution in [0.2, 0.25) is 0 Å². The molecule has 0 fully saturated rings. The number of hydrogen-bond donors (Lipinski definition) is 1. The van der Waals surface area contributed by atoms with Gasteiger partial charge in [-0.2, -0.15) is 10.2 Å². The zero-order valence-electron chi connectivity index (χ0n) is 8.64. The largest absolute Gasteiger partial charge is 0.383 e. The molecule has 0 bridgehead atoms. The summed E-state index contributed by atoms with van der Waals surface area (Å²) >= 11 is 1.54. The van der Waals surface area contributed by atoms with Crippen LogP contribution in [0.25, 0.3) is 0 Å². The van der Waals surface area contributed by atoms with Crippen LogP contribution in [0, 0.1) is 13.8 Å². The van der Waals surface area contributed by atoms with Gasteiger partial charge in [-0.25, -0.2) is 0 Å². The van der Waals surface area contributed by atoms with Gasteiger partial charge < -0.3 is 5.11 Å². The Balaban J connectivity index is 2.41. The van der Waals surface area contributed by atoms with Crippen molar-refractivity contribution in [3.8, 4) is 0 Å². The molecule has 78 valence electrons. The summed E-state index contributed by atoms with van der Waals surface area (Å²) in [5, 5.41) is 20.0. The number of aromatic nitrogens is 2. The molecule has 2 heterocycles. The molecule has 0 saturated heterocycles. The molecule has 0 aliphatic carbocycles. The van der Waals surface area contributed by atoms with Crippen molar-refractivity contribution in [3.05, 3.63) is 45.4 Å². The Morgan fingerprint density at radius 3 is 2.80 bits per heavy atom. The lowest BCUT2D eigenvalue weighted by atomic mass is 10.1. The summed E-state index contributed by atoms with van der Waals surface area (Å²) in [6.45, 7) is 3.73. The molecule has 0 radical (unpaired) electrons. The Labute approximate surface area is 92.4 Å². The maximum atomic E-state index is 10.1. The molecule has 15 heavy (non-hydrogen) atoms. The van der Waals surface area contributed by atoms with Gasteiger partial charge in [0.15, 0.2) is 0 Å². The van der Waals surface area contributed by atoms with Crippen molar-refractivity contribution >= 4 is 11.3 Å². The highest BCUT2D eigenvalue weighted by atomic mass is 32.1. The third kappa shape index (κ3) is 2.06. The van der Waals surface area contributed by atoms with Crippen LogP contribution in [-0.4, -0.2) is 15.3 Å². The van der Waals surface area contributed by atoms with Crippen LogP contribution in [0.15, 0.2) is 23.6 Å². The maximum Gasteiger partial charge on any atom is 0.115 e. The number of rotatable bonds is 2. The van der Waals surface area contributed by atoms with Gasteiger partial charge in [0, 0.05) is 10.4 Å². The number of hydrogen-bond acceptors (Lipinski definition) is 4. The maximum absolute atomic E-state index is 10.1. The SMILES string of the molecule is Cc1cc(C(O)c2cccs2)c(C)nn1. The molecule has 2 rings (SSSR count). The molecule has 0 saturated carbocycles. The molecular formula is C11H12N2OS. The Kier molecular flexibility index (Phi) is 2.79. The molecule has 3 nitrogen and oxygen atoms in total. The standard InChI is InChI=1S/C11H12N2OS/c1-7-6-9(8(2)13-12-7)11(14)10-4-3-5-15-10/h3-6,11,14H,1-2H3. The number of aryl methyl sites for hydroxylation is 2. The van der Waals surface area contributed by atoms with Crippen molar-refractivity contribution < 1.29 is 5.11 Å². The van der Waals surface area contributed by atoms with Gasteiger partial charge in [0.2, 0.25) is 0 Å². The van der Waals surface area contributed by atoms with Gasteiger partial charge in [0.05, 0.1) is 11.4 Å². The van der Waals surface area contributed by atoms with Gasteiger partial charge in [-0.05, 0) is 31.4 Å². The van der Waals surface area contributed by atoms with E-state index in [1.807, 2.05) is 37.4 Å². The van der Waals surface area contributed by atoms with E-state index in [1.165, 1.54) is 0 Å². The second-order valence-corrected chi connectivity index (χ2v) is 4.42. The van der Waals surface area contributed by atoms with E-state index in [4.69, 9.17) is 0 Å². The Morgan fingerprint density at radius 2 is 2.13 bits per heavy atom. The molecule has 0 aromatic carbocycles. The average molecular weight is 220 g/mol. The van der Waals surface area contributed by atoms with Crippen LogP contribution in [0.1, 0.15) is 27.9 Å². The number of aliphatic hydroxyl groups is 1. The lowest BCUT2D eigenvalue weighted by Gasteiger charge is -2.11. The van der Waals surface area contributed by atoms with Gasteiger partial charge in [-0.15, -0.1) is 11.3 Å². The summed E-state index contributed by atoms with van der Waals surface area (Å²) in [7, 11) is 0. The molecule has 2 aromatic rings. The highest BCUT2D eigenvalue weighted by molar-refractivity contribution is 7.10. The van der Waals surface area contributed by atoms with Crippen LogP contribution in [-0.2, 0) is 0 Å². The van der Waals surface area contributed by atoms with Crippen molar-refractivity contribution in [2.24, 2.45) is 0 Å². The minimum absolute atomic E-state index is 0.584. The third-order valence-electron chi connectivity index (χ3n) is 2.25. The van der Waals surface area contributed by atoms with Crippen molar-refractivity contribution in [2.45, 2.75) is 20.0 Å². The summed E-state index contributed by atoms with van der Waals surface area (Å²) in [5.41, 5.74) is 2.44. The van der Waals surface area contributed by atoms with Gasteiger partial charge in [-0.1, -0.05) is 6.07 Å². The predicted molar refractivity (Wildman–Crippen MR) is 59.9 cm³/mol. The van der Waals surface area contributed by atoms with Crippen molar-refractivity contribution in [1.29, 1.82) is 0 Å². The van der Waals surface area contributed by atoms with Crippen molar-refractivity contribution in [1.82, 2.24) is 10.2 Å². The molecule has 4 heteroatoms. The van der Waals surface area contributed by atoms with Crippen LogP contribution in [0.4, 0.5) is 0 Å². The van der Waals surface area contributed by atoms with Crippen LogP contribution < -0.4 is 0 Å². The minimum Gasteiger partial charge on any atom is -0.383 e. The summed E-state index contributed by atoms with van der Waals surface area (Å²) < 4.78 is 0. The molecule has 0 aliphatic rings. The Morgan fingerprint density at radius 1 is 1.33 bits per heavy atom. The quantitative estimate of drug-likeness (QED) is 0.844. The second kappa shape index (κ2) is 4.08. The molecule has 1 unspecified atom stereocenters. The minimum atomic E-state index is -0.584. The zero-order chi connectivity index (χ0) is 10.8. The van der Waals surface area contributed by atoms with Gasteiger partial charge in [0.1, 0.15) is 6.10 Å². The van der Waals surface area contributed by atoms with Gasteiger partial charge >= 0.3 is 0 Å². The van der Waals surface area contributed by atoms with E-state index in [0.29, 0.717) is 0 Å². The topological polar surface area (TPSA) is 46.0 Å².